The zero-order valence-corrected chi connectivity index (χ0v) is 11.4. The van der Waals surface area contributed by atoms with E-state index in [2.05, 4.69) is 10.3 Å². The lowest BCUT2D eigenvalue weighted by atomic mass is 10.2. The lowest BCUT2D eigenvalue weighted by molar-refractivity contribution is 0.0697. The summed E-state index contributed by atoms with van der Waals surface area (Å²) in [6.45, 7) is 0. The van der Waals surface area contributed by atoms with Crippen LogP contribution in [0.2, 0.25) is 10.0 Å². The van der Waals surface area contributed by atoms with Gasteiger partial charge in [0.25, 0.3) is 0 Å². The van der Waals surface area contributed by atoms with Gasteiger partial charge in [-0.25, -0.2) is 9.78 Å². The molecule has 0 saturated carbocycles. The fraction of sp³-hybridized carbons (Fsp3) is 0. The molecule has 0 amide bonds. The Hall–Kier alpha value is -2.29. The van der Waals surface area contributed by atoms with Gasteiger partial charge in [-0.15, -0.1) is 0 Å². The molecule has 5 nitrogen and oxygen atoms in total. The van der Waals surface area contributed by atoms with Gasteiger partial charge in [-0.05, 0) is 24.3 Å². The van der Waals surface area contributed by atoms with Gasteiger partial charge in [0.1, 0.15) is 11.1 Å². The highest BCUT2D eigenvalue weighted by Gasteiger charge is 2.11. The maximum Gasteiger partial charge on any atom is 0.337 e. The van der Waals surface area contributed by atoms with E-state index >= 15 is 0 Å². The number of nitrogens with zero attached hydrogens (tertiary/aromatic N) is 2. The molecule has 0 aliphatic carbocycles. The normalized spacial score (nSPS) is 9.85. The van der Waals surface area contributed by atoms with Crippen LogP contribution in [0.4, 0.5) is 11.5 Å². The molecule has 0 atom stereocenters. The number of hydrogen-bond acceptors (Lipinski definition) is 4. The second-order valence-corrected chi connectivity index (χ2v) is 4.54. The van der Waals surface area contributed by atoms with Gasteiger partial charge in [-0.1, -0.05) is 23.2 Å². The van der Waals surface area contributed by atoms with Gasteiger partial charge in [0.2, 0.25) is 0 Å². The SMILES string of the molecule is N#Cc1ccnc(Nc2ccc(C(=O)O)c(Cl)c2)c1Cl. The first-order chi connectivity index (χ1) is 9.52. The molecule has 2 N–H and O–H groups in total. The summed E-state index contributed by atoms with van der Waals surface area (Å²) in [5.74, 6) is -0.811. The minimum Gasteiger partial charge on any atom is -0.478 e. The Bertz CT molecular complexity index is 726. The molecule has 0 unspecified atom stereocenters. The summed E-state index contributed by atoms with van der Waals surface area (Å²) >= 11 is 11.9. The van der Waals surface area contributed by atoms with Gasteiger partial charge < -0.3 is 10.4 Å². The average molecular weight is 308 g/mol. The summed E-state index contributed by atoms with van der Waals surface area (Å²) in [5, 5.41) is 20.9. The van der Waals surface area contributed by atoms with Gasteiger partial charge in [-0.3, -0.25) is 0 Å². The maximum atomic E-state index is 10.9. The number of nitrogens with one attached hydrogen (secondary N) is 1. The molecule has 0 aliphatic rings. The predicted octanol–water partition coefficient (Wildman–Crippen LogP) is 3.70. The summed E-state index contributed by atoms with van der Waals surface area (Å²) in [6, 6.07) is 7.79. The van der Waals surface area contributed by atoms with E-state index in [9.17, 15) is 4.79 Å². The molecule has 20 heavy (non-hydrogen) atoms. The summed E-state index contributed by atoms with van der Waals surface area (Å²) in [6.07, 6.45) is 1.44. The number of carboxylic acid groups (broad SMARTS) is 1. The number of aromatic carboxylic acids is 1. The van der Waals surface area contributed by atoms with E-state index in [1.165, 1.54) is 30.5 Å². The van der Waals surface area contributed by atoms with Crippen molar-refractivity contribution in [2.75, 3.05) is 5.32 Å². The number of hydrogen-bond donors (Lipinski definition) is 2. The molecule has 0 radical (unpaired) electrons. The standard InChI is InChI=1S/C13H7Cl2N3O2/c14-10-5-8(1-2-9(10)13(19)20)18-12-11(15)7(6-16)3-4-17-12/h1-5H,(H,17,18)(H,19,20). The third-order valence-corrected chi connectivity index (χ3v) is 3.17. The van der Waals surface area contributed by atoms with Crippen molar-refractivity contribution in [3.8, 4) is 6.07 Å². The van der Waals surface area contributed by atoms with E-state index in [0.29, 0.717) is 11.5 Å². The van der Waals surface area contributed by atoms with E-state index in [0.717, 1.165) is 0 Å². The molecular formula is C13H7Cl2N3O2. The van der Waals surface area contributed by atoms with E-state index in [1.54, 1.807) is 0 Å². The number of anilines is 2. The summed E-state index contributed by atoms with van der Waals surface area (Å²) < 4.78 is 0. The Balaban J connectivity index is 2.34. The molecule has 0 aliphatic heterocycles. The summed E-state index contributed by atoms with van der Waals surface area (Å²) in [7, 11) is 0. The van der Waals surface area contributed by atoms with Crippen molar-refractivity contribution in [1.29, 1.82) is 5.26 Å². The lowest BCUT2D eigenvalue weighted by Crippen LogP contribution is -2.00. The highest BCUT2D eigenvalue weighted by atomic mass is 35.5. The van der Waals surface area contributed by atoms with Gasteiger partial charge in [-0.2, -0.15) is 5.26 Å². The van der Waals surface area contributed by atoms with Crippen molar-refractivity contribution in [2.24, 2.45) is 0 Å². The molecule has 0 saturated heterocycles. The van der Waals surface area contributed by atoms with Crippen molar-refractivity contribution < 1.29 is 9.90 Å². The number of pyridine rings is 1. The third kappa shape index (κ3) is 2.82. The molecule has 1 aromatic heterocycles. The van der Waals surface area contributed by atoms with Crippen LogP contribution in [-0.2, 0) is 0 Å². The lowest BCUT2D eigenvalue weighted by Gasteiger charge is -2.09. The Morgan fingerprint density at radius 3 is 2.70 bits per heavy atom. The van der Waals surface area contributed by atoms with Crippen LogP contribution in [0.25, 0.3) is 0 Å². The zero-order valence-electron chi connectivity index (χ0n) is 9.89. The molecule has 0 spiro atoms. The number of carbonyl (C=O) groups is 1. The molecule has 2 rings (SSSR count). The fourth-order valence-corrected chi connectivity index (χ4v) is 1.98. The topological polar surface area (TPSA) is 86.0 Å². The maximum absolute atomic E-state index is 10.9. The molecule has 100 valence electrons. The van der Waals surface area contributed by atoms with E-state index in [4.69, 9.17) is 33.6 Å². The minimum atomic E-state index is -1.11. The number of aromatic nitrogens is 1. The molecular weight excluding hydrogens is 301 g/mol. The number of halogens is 2. The highest BCUT2D eigenvalue weighted by molar-refractivity contribution is 6.34. The molecule has 1 aromatic carbocycles. The van der Waals surface area contributed by atoms with Gasteiger partial charge in [0.15, 0.2) is 5.82 Å². The highest BCUT2D eigenvalue weighted by Crippen LogP contribution is 2.28. The van der Waals surface area contributed by atoms with Crippen LogP contribution < -0.4 is 5.32 Å². The van der Waals surface area contributed by atoms with Crippen LogP contribution in [0.5, 0.6) is 0 Å². The Morgan fingerprint density at radius 1 is 1.35 bits per heavy atom. The molecule has 2 aromatic rings. The smallest absolute Gasteiger partial charge is 0.337 e. The molecule has 0 bridgehead atoms. The van der Waals surface area contributed by atoms with E-state index < -0.39 is 5.97 Å². The molecule has 7 heteroatoms. The first-order valence-corrected chi connectivity index (χ1v) is 6.13. The van der Waals surface area contributed by atoms with Crippen molar-refractivity contribution in [3.63, 3.8) is 0 Å². The van der Waals surface area contributed by atoms with Gasteiger partial charge >= 0.3 is 5.97 Å². The largest absolute Gasteiger partial charge is 0.478 e. The second-order valence-electron chi connectivity index (χ2n) is 3.76. The van der Waals surface area contributed by atoms with E-state index in [-0.39, 0.29) is 21.2 Å². The number of rotatable bonds is 3. The van der Waals surface area contributed by atoms with Gasteiger partial charge in [0, 0.05) is 11.9 Å². The first-order valence-electron chi connectivity index (χ1n) is 5.37. The average Bonchev–Trinajstić information content (AvgIpc) is 2.41. The summed E-state index contributed by atoms with van der Waals surface area (Å²) in [4.78, 5) is 14.9. The Morgan fingerprint density at radius 2 is 2.10 bits per heavy atom. The molecule has 1 heterocycles. The van der Waals surface area contributed by atoms with Crippen molar-refractivity contribution in [1.82, 2.24) is 4.98 Å². The van der Waals surface area contributed by atoms with Crippen molar-refractivity contribution in [2.45, 2.75) is 0 Å². The van der Waals surface area contributed by atoms with Gasteiger partial charge in [0.05, 0.1) is 16.1 Å². The van der Waals surface area contributed by atoms with Crippen LogP contribution in [0, 0.1) is 11.3 Å². The fourth-order valence-electron chi connectivity index (χ4n) is 1.52. The summed E-state index contributed by atoms with van der Waals surface area (Å²) in [5.41, 5.74) is 0.809. The monoisotopic (exact) mass is 307 g/mol. The van der Waals surface area contributed by atoms with Crippen molar-refractivity contribution in [3.05, 3.63) is 51.6 Å². The van der Waals surface area contributed by atoms with Crippen LogP contribution in [0.15, 0.2) is 30.5 Å². The quantitative estimate of drug-likeness (QED) is 0.903. The predicted molar refractivity (Wildman–Crippen MR) is 75.7 cm³/mol. The van der Waals surface area contributed by atoms with Crippen molar-refractivity contribution >= 4 is 40.7 Å². The first kappa shape index (κ1) is 14.1. The minimum absolute atomic E-state index is 0.00190. The second kappa shape index (κ2) is 5.78. The number of benzene rings is 1. The third-order valence-electron chi connectivity index (χ3n) is 2.47. The Kier molecular flexibility index (Phi) is 4.08. The van der Waals surface area contributed by atoms with Crippen LogP contribution in [-0.4, -0.2) is 16.1 Å². The zero-order chi connectivity index (χ0) is 14.7. The van der Waals surface area contributed by atoms with Crippen LogP contribution >= 0.6 is 23.2 Å². The number of carboxylic acids is 1. The number of nitriles is 1. The Labute approximate surface area is 124 Å². The van der Waals surface area contributed by atoms with Crippen LogP contribution in [0.1, 0.15) is 15.9 Å². The van der Waals surface area contributed by atoms with Crippen LogP contribution in [0.3, 0.4) is 0 Å². The van der Waals surface area contributed by atoms with E-state index in [1.807, 2.05) is 6.07 Å². The molecule has 0 fully saturated rings.